The first-order chi connectivity index (χ1) is 18.5. The Bertz CT molecular complexity index is 1500. The van der Waals surface area contributed by atoms with Gasteiger partial charge in [0.1, 0.15) is 5.82 Å². The Morgan fingerprint density at radius 3 is 2.74 bits per heavy atom. The van der Waals surface area contributed by atoms with Crippen molar-refractivity contribution in [2.45, 2.75) is 77.8 Å². The van der Waals surface area contributed by atoms with Crippen molar-refractivity contribution in [2.24, 2.45) is 4.99 Å². The maximum absolute atomic E-state index is 14.2. The number of aromatic amines is 1. The van der Waals surface area contributed by atoms with Crippen molar-refractivity contribution in [3.8, 4) is 17.2 Å². The Morgan fingerprint density at radius 2 is 2.05 bits per heavy atom. The molecule has 0 radical (unpaired) electrons. The van der Waals surface area contributed by atoms with E-state index in [1.54, 1.807) is 0 Å². The molecule has 0 aliphatic carbocycles. The van der Waals surface area contributed by atoms with E-state index in [4.69, 9.17) is 0 Å². The molecule has 1 N–H and O–H groups in total. The molecule has 38 heavy (non-hydrogen) atoms. The zero-order valence-electron chi connectivity index (χ0n) is 22.6. The van der Waals surface area contributed by atoms with Gasteiger partial charge in [-0.15, -0.1) is 10.2 Å². The first-order valence-electron chi connectivity index (χ1n) is 13.5. The fraction of sp³-hybridized carbons (Fsp3) is 0.414. The van der Waals surface area contributed by atoms with E-state index < -0.39 is 5.41 Å². The summed E-state index contributed by atoms with van der Waals surface area (Å²) in [5.74, 6) is 1.82. The first kappa shape index (κ1) is 25.6. The van der Waals surface area contributed by atoms with E-state index in [9.17, 15) is 4.79 Å². The lowest BCUT2D eigenvalue weighted by molar-refractivity contribution is 0.438. The summed E-state index contributed by atoms with van der Waals surface area (Å²) in [6, 6.07) is 10.3. The lowest BCUT2D eigenvalue weighted by Crippen LogP contribution is -2.37. The number of aromatic nitrogens is 7. The molecule has 1 atom stereocenters. The summed E-state index contributed by atoms with van der Waals surface area (Å²) in [6.45, 7) is 9.97. The predicted octanol–water partition coefficient (Wildman–Crippen LogP) is 5.03. The van der Waals surface area contributed by atoms with Crippen LogP contribution in [0.15, 0.2) is 64.8 Å². The molecule has 0 bridgehead atoms. The van der Waals surface area contributed by atoms with Crippen LogP contribution in [0.1, 0.15) is 69.7 Å². The van der Waals surface area contributed by atoms with Gasteiger partial charge in [0.15, 0.2) is 0 Å². The Balaban J connectivity index is 1.64. The summed E-state index contributed by atoms with van der Waals surface area (Å²) in [7, 11) is 0. The summed E-state index contributed by atoms with van der Waals surface area (Å²) in [5, 5.41) is 14.6. The highest BCUT2D eigenvalue weighted by molar-refractivity contribution is 5.65. The van der Waals surface area contributed by atoms with E-state index in [2.05, 4.69) is 94.5 Å². The van der Waals surface area contributed by atoms with Gasteiger partial charge < -0.3 is 4.57 Å². The fourth-order valence-corrected chi connectivity index (χ4v) is 5.36. The van der Waals surface area contributed by atoms with E-state index in [-0.39, 0.29) is 5.69 Å². The van der Waals surface area contributed by atoms with Gasteiger partial charge in [0.25, 0.3) is 0 Å². The molecule has 1 aliphatic heterocycles. The molecular formula is C29H36N8O. The van der Waals surface area contributed by atoms with Crippen LogP contribution in [0.2, 0.25) is 0 Å². The molecule has 0 saturated carbocycles. The molecule has 1 unspecified atom stereocenters. The predicted molar refractivity (Wildman–Crippen MR) is 150 cm³/mol. The number of tetrazole rings is 1. The lowest BCUT2D eigenvalue weighted by atomic mass is 9.76. The van der Waals surface area contributed by atoms with Gasteiger partial charge in [-0.05, 0) is 60.6 Å². The number of hydrogen-bond donors (Lipinski definition) is 1. The van der Waals surface area contributed by atoms with Crippen molar-refractivity contribution in [3.63, 3.8) is 0 Å². The standard InChI is InChI=1S/C29H36N8O/c1-5-7-11-24-19-36(27-25(21(3)4)12-17-35(27)6-2)28(38)37(24)20-29(13-15-30-16-14-29)23-10-8-9-22(18-23)26-31-33-34-32-26/h8-10,12-13,15-19,21H,5-7,11,14,20H2,1-4H3,(H,31,32,33,34). The molecule has 198 valence electrons. The van der Waals surface area contributed by atoms with Gasteiger partial charge in [-0.2, -0.15) is 5.21 Å². The topological polar surface area (TPSA) is 98.7 Å². The van der Waals surface area contributed by atoms with Crippen molar-refractivity contribution in [1.29, 1.82) is 0 Å². The fourth-order valence-electron chi connectivity index (χ4n) is 5.36. The Hall–Kier alpha value is -4.01. The van der Waals surface area contributed by atoms with Gasteiger partial charge in [-0.3, -0.25) is 14.1 Å². The number of aryl methyl sites for hydroxylation is 2. The van der Waals surface area contributed by atoms with Crippen LogP contribution < -0.4 is 5.69 Å². The third kappa shape index (κ3) is 4.68. The Labute approximate surface area is 222 Å². The van der Waals surface area contributed by atoms with Crippen LogP contribution in [0, 0.1) is 0 Å². The smallest absolute Gasteiger partial charge is 0.334 e. The van der Waals surface area contributed by atoms with Crippen molar-refractivity contribution >= 4 is 6.21 Å². The van der Waals surface area contributed by atoms with Crippen LogP contribution in [0.3, 0.4) is 0 Å². The largest absolute Gasteiger partial charge is 0.334 e. The molecule has 3 aromatic heterocycles. The maximum Gasteiger partial charge on any atom is 0.334 e. The summed E-state index contributed by atoms with van der Waals surface area (Å²) < 4.78 is 6.02. The highest BCUT2D eigenvalue weighted by Gasteiger charge is 2.33. The normalized spacial score (nSPS) is 17.1. The number of H-pyrrole nitrogens is 1. The lowest BCUT2D eigenvalue weighted by Gasteiger charge is -2.32. The summed E-state index contributed by atoms with van der Waals surface area (Å²) >= 11 is 0. The Kier molecular flexibility index (Phi) is 7.26. The number of allylic oxidation sites excluding steroid dienone is 1. The third-order valence-corrected chi connectivity index (χ3v) is 7.53. The number of unbranched alkanes of at least 4 members (excludes halogenated alkanes) is 1. The highest BCUT2D eigenvalue weighted by Crippen LogP contribution is 2.35. The number of rotatable bonds is 10. The van der Waals surface area contributed by atoms with Crippen molar-refractivity contribution in [3.05, 3.63) is 82.3 Å². The molecule has 5 rings (SSSR count). The second kappa shape index (κ2) is 10.8. The number of imidazole rings is 1. The minimum Gasteiger partial charge on any atom is -0.334 e. The molecular weight excluding hydrogens is 476 g/mol. The molecule has 0 amide bonds. The van der Waals surface area contributed by atoms with Gasteiger partial charge in [0.05, 0.1) is 0 Å². The highest BCUT2D eigenvalue weighted by atomic mass is 16.1. The number of nitrogens with one attached hydrogen (secondary N) is 1. The molecule has 0 saturated heterocycles. The van der Waals surface area contributed by atoms with Gasteiger partial charge >= 0.3 is 5.69 Å². The van der Waals surface area contributed by atoms with E-state index in [1.165, 1.54) is 5.56 Å². The van der Waals surface area contributed by atoms with E-state index in [0.29, 0.717) is 24.7 Å². The minimum absolute atomic E-state index is 0.00369. The van der Waals surface area contributed by atoms with Gasteiger partial charge in [0, 0.05) is 54.6 Å². The molecule has 0 spiro atoms. The number of aliphatic imine (C=N–C) groups is 1. The summed E-state index contributed by atoms with van der Waals surface area (Å²) in [6.07, 6.45) is 13.7. The van der Waals surface area contributed by atoms with Crippen LogP contribution in [0.5, 0.6) is 0 Å². The molecule has 0 fully saturated rings. The molecule has 4 heterocycles. The van der Waals surface area contributed by atoms with Crippen LogP contribution in [0.4, 0.5) is 0 Å². The van der Waals surface area contributed by atoms with E-state index >= 15 is 0 Å². The first-order valence-corrected chi connectivity index (χ1v) is 13.5. The number of benzene rings is 1. The van der Waals surface area contributed by atoms with Crippen molar-refractivity contribution in [1.82, 2.24) is 34.3 Å². The van der Waals surface area contributed by atoms with Gasteiger partial charge in [-0.25, -0.2) is 4.79 Å². The summed E-state index contributed by atoms with van der Waals surface area (Å²) in [4.78, 5) is 18.6. The zero-order chi connectivity index (χ0) is 26.7. The molecule has 9 nitrogen and oxygen atoms in total. The molecule has 4 aromatic rings. The van der Waals surface area contributed by atoms with Crippen LogP contribution in [-0.2, 0) is 24.9 Å². The van der Waals surface area contributed by atoms with E-state index in [1.807, 2.05) is 33.7 Å². The van der Waals surface area contributed by atoms with Gasteiger partial charge in [-0.1, -0.05) is 51.5 Å². The SMILES string of the molecule is CCCCc1cn(-c2c(C(C)C)ccn2CC)c(=O)n1CC1(c2cccc(-c3nn[nH]n3)c2)C=CN=CC1. The molecule has 1 aromatic carbocycles. The second-order valence-electron chi connectivity index (χ2n) is 10.3. The third-order valence-electron chi connectivity index (χ3n) is 7.53. The average Bonchev–Trinajstić information content (AvgIpc) is 3.68. The Morgan fingerprint density at radius 1 is 1.18 bits per heavy atom. The maximum atomic E-state index is 14.2. The van der Waals surface area contributed by atoms with Crippen LogP contribution >= 0.6 is 0 Å². The van der Waals surface area contributed by atoms with Crippen molar-refractivity contribution < 1.29 is 0 Å². The van der Waals surface area contributed by atoms with Crippen LogP contribution in [0.25, 0.3) is 17.2 Å². The quantitative estimate of drug-likeness (QED) is 0.322. The monoisotopic (exact) mass is 512 g/mol. The van der Waals surface area contributed by atoms with E-state index in [0.717, 1.165) is 48.4 Å². The average molecular weight is 513 g/mol. The minimum atomic E-state index is -0.438. The summed E-state index contributed by atoms with van der Waals surface area (Å²) in [5.41, 5.74) is 3.76. The second-order valence-corrected chi connectivity index (χ2v) is 10.3. The zero-order valence-corrected chi connectivity index (χ0v) is 22.6. The molecule has 9 heteroatoms. The van der Waals surface area contributed by atoms with Crippen molar-refractivity contribution in [2.75, 3.05) is 0 Å². The van der Waals surface area contributed by atoms with Crippen LogP contribution in [-0.4, -0.2) is 40.5 Å². The number of nitrogens with zero attached hydrogens (tertiary/aromatic N) is 7. The number of hydrogen-bond acceptors (Lipinski definition) is 5. The van der Waals surface area contributed by atoms with Gasteiger partial charge in [0.2, 0.25) is 5.82 Å². The molecule has 1 aliphatic rings.